The molecule has 0 saturated carbocycles. The van der Waals surface area contributed by atoms with Crippen molar-refractivity contribution >= 4 is 34.5 Å². The molecule has 0 aliphatic carbocycles. The largest absolute Gasteiger partial charge is 0.497 e. The quantitative estimate of drug-likeness (QED) is 0.272. The number of aromatic amines is 1. The third-order valence-electron chi connectivity index (χ3n) is 4.99. The number of nitrogens with one attached hydrogen (secondary N) is 2. The molecule has 0 aliphatic heterocycles. The van der Waals surface area contributed by atoms with E-state index in [1.807, 2.05) is 36.4 Å². The minimum atomic E-state index is -0.559. The SMILES string of the molecule is COc1ccc(-[n+]2[nH]oc(=O)c2SCC(=O)Nc2ccc(-c3nc4ccccc4o3)cc2)cc1. The summed E-state index contributed by atoms with van der Waals surface area (Å²) in [6.07, 6.45) is 0. The predicted molar refractivity (Wildman–Crippen MR) is 126 cm³/mol. The van der Waals surface area contributed by atoms with Crippen LogP contribution in [0.1, 0.15) is 0 Å². The number of carbonyl (C=O) groups excluding carboxylic acids is 1. The molecule has 0 aliphatic rings. The highest BCUT2D eigenvalue weighted by atomic mass is 32.2. The van der Waals surface area contributed by atoms with E-state index in [1.165, 1.54) is 4.68 Å². The maximum Gasteiger partial charge on any atom is 0.442 e. The molecular formula is C24H19N4O5S+. The lowest BCUT2D eigenvalue weighted by Crippen LogP contribution is -2.36. The molecule has 2 N–H and O–H groups in total. The van der Waals surface area contributed by atoms with Gasteiger partial charge in [0.1, 0.15) is 11.3 Å². The number of rotatable bonds is 7. The highest BCUT2D eigenvalue weighted by Crippen LogP contribution is 2.25. The molecule has 2 aromatic heterocycles. The maximum atomic E-state index is 12.5. The summed E-state index contributed by atoms with van der Waals surface area (Å²) in [4.78, 5) is 29.1. The van der Waals surface area contributed by atoms with Gasteiger partial charge in [0.2, 0.25) is 17.5 Å². The van der Waals surface area contributed by atoms with Gasteiger partial charge in [0.25, 0.3) is 0 Å². The topological polar surface area (TPSA) is 114 Å². The van der Waals surface area contributed by atoms with Gasteiger partial charge in [-0.25, -0.2) is 9.78 Å². The first-order valence-corrected chi connectivity index (χ1v) is 11.3. The Morgan fingerprint density at radius 3 is 2.59 bits per heavy atom. The number of para-hydroxylation sites is 2. The molecule has 0 bridgehead atoms. The first-order chi connectivity index (χ1) is 16.6. The minimum Gasteiger partial charge on any atom is -0.497 e. The lowest BCUT2D eigenvalue weighted by molar-refractivity contribution is -0.704. The standard InChI is InChI=1S/C24H18N4O5S/c1-31-18-12-10-17(11-13-18)28-23(24(30)33-27-28)34-14-21(29)25-16-8-6-15(7-9-16)22-26-19-4-2-3-5-20(19)32-22/h2-13H,14H2,1H3,(H-,25,26,27,29,30)/p+1. The summed E-state index contributed by atoms with van der Waals surface area (Å²) in [6.45, 7) is 0. The molecule has 5 rings (SSSR count). The van der Waals surface area contributed by atoms with E-state index < -0.39 is 5.63 Å². The van der Waals surface area contributed by atoms with Crippen LogP contribution in [0.25, 0.3) is 28.2 Å². The second kappa shape index (κ2) is 9.28. The van der Waals surface area contributed by atoms with Crippen molar-refractivity contribution in [3.63, 3.8) is 0 Å². The number of H-pyrrole nitrogens is 1. The number of carbonyl (C=O) groups is 1. The van der Waals surface area contributed by atoms with Gasteiger partial charge < -0.3 is 14.5 Å². The summed E-state index contributed by atoms with van der Waals surface area (Å²) in [7, 11) is 1.57. The van der Waals surface area contributed by atoms with E-state index in [-0.39, 0.29) is 16.7 Å². The van der Waals surface area contributed by atoms with Crippen molar-refractivity contribution < 1.29 is 23.2 Å². The normalized spacial score (nSPS) is 11.0. The highest BCUT2D eigenvalue weighted by Gasteiger charge is 2.25. The first-order valence-electron chi connectivity index (χ1n) is 10.3. The molecule has 0 fully saturated rings. The van der Waals surface area contributed by atoms with Gasteiger partial charge in [-0.15, -0.1) is 0 Å². The Morgan fingerprint density at radius 1 is 1.09 bits per heavy atom. The van der Waals surface area contributed by atoms with Crippen LogP contribution in [-0.4, -0.2) is 29.0 Å². The Labute approximate surface area is 197 Å². The average Bonchev–Trinajstić information content (AvgIpc) is 3.46. The number of hydrogen-bond donors (Lipinski definition) is 2. The van der Waals surface area contributed by atoms with Gasteiger partial charge in [-0.1, -0.05) is 12.1 Å². The van der Waals surface area contributed by atoms with Crippen molar-refractivity contribution in [1.82, 2.24) is 10.3 Å². The predicted octanol–water partition coefficient (Wildman–Crippen LogP) is 3.79. The number of hydrogen-bond acceptors (Lipinski definition) is 7. The summed E-state index contributed by atoms with van der Waals surface area (Å²) in [6, 6.07) is 21.8. The van der Waals surface area contributed by atoms with Crippen LogP contribution in [0.3, 0.4) is 0 Å². The molecule has 0 unspecified atom stereocenters. The monoisotopic (exact) mass is 475 g/mol. The fourth-order valence-electron chi connectivity index (χ4n) is 3.31. The van der Waals surface area contributed by atoms with Crippen LogP contribution in [0.5, 0.6) is 5.75 Å². The van der Waals surface area contributed by atoms with Crippen molar-refractivity contribution in [1.29, 1.82) is 0 Å². The number of aromatic nitrogens is 3. The Bertz CT molecular complexity index is 1470. The number of amides is 1. The van der Waals surface area contributed by atoms with Gasteiger partial charge in [-0.05, 0) is 70.2 Å². The van der Waals surface area contributed by atoms with E-state index >= 15 is 0 Å². The number of benzene rings is 3. The smallest absolute Gasteiger partial charge is 0.442 e. The van der Waals surface area contributed by atoms with Crippen LogP contribution >= 0.6 is 11.8 Å². The number of oxazole rings is 1. The third-order valence-corrected chi connectivity index (χ3v) is 6.02. The van der Waals surface area contributed by atoms with E-state index in [2.05, 4.69) is 15.6 Å². The van der Waals surface area contributed by atoms with E-state index in [0.29, 0.717) is 28.6 Å². The average molecular weight is 476 g/mol. The van der Waals surface area contributed by atoms with Crippen molar-refractivity contribution in [3.05, 3.63) is 83.2 Å². The van der Waals surface area contributed by atoms with E-state index in [1.54, 1.807) is 43.5 Å². The van der Waals surface area contributed by atoms with Gasteiger partial charge in [-0.3, -0.25) is 9.32 Å². The van der Waals surface area contributed by atoms with Gasteiger partial charge in [-0.2, -0.15) is 0 Å². The van der Waals surface area contributed by atoms with Gasteiger partial charge in [0.05, 0.1) is 12.9 Å². The van der Waals surface area contributed by atoms with Crippen LogP contribution in [0.4, 0.5) is 5.69 Å². The number of ether oxygens (including phenoxy) is 1. The fraction of sp³-hybridized carbons (Fsp3) is 0.0833. The number of thioether (sulfide) groups is 1. The number of fused-ring (bicyclic) bond motifs is 1. The van der Waals surface area contributed by atoms with Crippen LogP contribution in [-0.2, 0) is 4.79 Å². The molecule has 10 heteroatoms. The van der Waals surface area contributed by atoms with Crippen LogP contribution in [0.15, 0.2) is 91.6 Å². The summed E-state index contributed by atoms with van der Waals surface area (Å²) in [5, 5.41) is 5.63. The number of methoxy groups -OCH3 is 1. The Morgan fingerprint density at radius 2 is 1.85 bits per heavy atom. The van der Waals surface area contributed by atoms with Gasteiger partial charge in [0, 0.05) is 23.4 Å². The zero-order valence-electron chi connectivity index (χ0n) is 18.0. The number of anilines is 1. The molecule has 0 atom stereocenters. The highest BCUT2D eigenvalue weighted by molar-refractivity contribution is 7.99. The minimum absolute atomic E-state index is 0.0195. The number of nitrogens with zero attached hydrogens (tertiary/aromatic N) is 2. The molecule has 0 saturated heterocycles. The molecule has 3 aromatic carbocycles. The molecule has 9 nitrogen and oxygen atoms in total. The summed E-state index contributed by atoms with van der Waals surface area (Å²) >= 11 is 1.07. The van der Waals surface area contributed by atoms with Gasteiger partial charge >= 0.3 is 10.7 Å². The molecular weight excluding hydrogens is 456 g/mol. The Kier molecular flexibility index (Phi) is 5.88. The lowest BCUT2D eigenvalue weighted by Gasteiger charge is -2.04. The zero-order valence-corrected chi connectivity index (χ0v) is 18.8. The molecule has 2 heterocycles. The van der Waals surface area contributed by atoms with E-state index in [0.717, 1.165) is 22.8 Å². The second-order valence-corrected chi connectivity index (χ2v) is 8.18. The fourth-order valence-corrected chi connectivity index (χ4v) is 4.08. The lowest BCUT2D eigenvalue weighted by atomic mass is 10.2. The summed E-state index contributed by atoms with van der Waals surface area (Å²) in [5.74, 6) is 0.954. The molecule has 0 radical (unpaired) electrons. The van der Waals surface area contributed by atoms with Crippen LogP contribution in [0, 0.1) is 0 Å². The Hall–Kier alpha value is -4.31. The molecule has 5 aromatic rings. The van der Waals surface area contributed by atoms with E-state index in [9.17, 15) is 9.59 Å². The summed E-state index contributed by atoms with van der Waals surface area (Å²) < 4.78 is 17.3. The van der Waals surface area contributed by atoms with Crippen molar-refractivity contribution in [2.45, 2.75) is 5.03 Å². The maximum absolute atomic E-state index is 12.5. The first kappa shape index (κ1) is 21.5. The Balaban J connectivity index is 1.24. The van der Waals surface area contributed by atoms with Crippen LogP contribution < -0.4 is 20.4 Å². The molecule has 170 valence electrons. The van der Waals surface area contributed by atoms with Crippen LogP contribution in [0.2, 0.25) is 0 Å². The molecule has 0 spiro atoms. The van der Waals surface area contributed by atoms with Gasteiger partial charge in [0.15, 0.2) is 5.58 Å². The van der Waals surface area contributed by atoms with E-state index in [4.69, 9.17) is 13.7 Å². The summed E-state index contributed by atoms with van der Waals surface area (Å²) in [5.41, 5.74) is 3.03. The molecule has 1 amide bonds. The molecule has 34 heavy (non-hydrogen) atoms. The van der Waals surface area contributed by atoms with Crippen molar-refractivity contribution in [2.24, 2.45) is 0 Å². The third kappa shape index (κ3) is 4.44. The second-order valence-electron chi connectivity index (χ2n) is 7.22. The van der Waals surface area contributed by atoms with Crippen molar-refractivity contribution in [3.8, 4) is 22.9 Å². The van der Waals surface area contributed by atoms with Crippen molar-refractivity contribution in [2.75, 3.05) is 18.2 Å². The zero-order chi connectivity index (χ0) is 23.5.